The second-order valence-electron chi connectivity index (χ2n) is 2.21. The molecule has 0 radical (unpaired) electrons. The molecule has 0 rings (SSSR count). The fourth-order valence-electron chi connectivity index (χ4n) is 0. The van der Waals surface area contributed by atoms with Gasteiger partial charge in [0.15, 0.2) is 0 Å². The summed E-state index contributed by atoms with van der Waals surface area (Å²) in [5.74, 6) is 0.583. The van der Waals surface area contributed by atoms with Gasteiger partial charge in [-0.15, -0.1) is 0 Å². The first-order chi connectivity index (χ1) is 3.65. The first kappa shape index (κ1) is 22.5. The van der Waals surface area contributed by atoms with Crippen LogP contribution in [0.1, 0.15) is 34.1 Å². The molecule has 0 aliphatic rings. The molecule has 10 heavy (non-hydrogen) atoms. The van der Waals surface area contributed by atoms with Crippen LogP contribution in [0.15, 0.2) is 0 Å². The van der Waals surface area contributed by atoms with Crippen molar-refractivity contribution in [1.29, 1.82) is 0 Å². The van der Waals surface area contributed by atoms with E-state index in [0.29, 0.717) is 5.92 Å². The van der Waals surface area contributed by atoms with E-state index in [1.54, 1.807) is 0 Å². The third-order valence-electron chi connectivity index (χ3n) is 0.408. The van der Waals surface area contributed by atoms with Crippen molar-refractivity contribution >= 4 is 0 Å². The van der Waals surface area contributed by atoms with Crippen molar-refractivity contribution in [2.75, 3.05) is 0 Å². The van der Waals surface area contributed by atoms with E-state index in [9.17, 15) is 0 Å². The second kappa shape index (κ2) is 22.5. The van der Waals surface area contributed by atoms with Crippen LogP contribution in [0.4, 0.5) is 0 Å². The average Bonchev–Trinajstić information content (AvgIpc) is 1.65. The molecular weight excluding hydrogens is 110 g/mol. The maximum Gasteiger partial charge on any atom is 1.00 e. The Balaban J connectivity index is -0.0000000300. The Morgan fingerprint density at radius 2 is 1.40 bits per heavy atom. The molecular formula is C8H18Li2. The second-order valence-corrected chi connectivity index (χ2v) is 2.21. The molecule has 0 spiro atoms. The summed E-state index contributed by atoms with van der Waals surface area (Å²) in [5.41, 5.74) is 0. The van der Waals surface area contributed by atoms with Crippen LogP contribution in [-0.4, -0.2) is 0 Å². The topological polar surface area (TPSA) is 0 Å². The van der Waals surface area contributed by atoms with Crippen LogP contribution in [0, 0.1) is 19.3 Å². The fraction of sp³-hybridized carbons (Fsp3) is 0.750. The zero-order valence-corrected chi connectivity index (χ0v) is 8.57. The Morgan fingerprint density at radius 1 is 1.30 bits per heavy atom. The van der Waals surface area contributed by atoms with Crippen molar-refractivity contribution in [1.82, 2.24) is 0 Å². The smallest absolute Gasteiger partial charge is 0.341 e. The summed E-state index contributed by atoms with van der Waals surface area (Å²) in [7, 11) is 0. The minimum atomic E-state index is 0. The maximum absolute atomic E-state index is 3.64. The summed E-state index contributed by atoms with van der Waals surface area (Å²) >= 11 is 0. The molecule has 0 amide bonds. The number of hydrogen-bond donors (Lipinski definition) is 0. The Hall–Kier alpha value is 1.19. The summed E-state index contributed by atoms with van der Waals surface area (Å²) < 4.78 is 0. The van der Waals surface area contributed by atoms with Crippen molar-refractivity contribution in [3.05, 3.63) is 13.3 Å². The third kappa shape index (κ3) is 128. The third-order valence-corrected chi connectivity index (χ3v) is 0.408. The van der Waals surface area contributed by atoms with Gasteiger partial charge in [0.2, 0.25) is 0 Å². The van der Waals surface area contributed by atoms with Crippen LogP contribution in [0.5, 0.6) is 0 Å². The predicted molar refractivity (Wildman–Crippen MR) is 40.5 cm³/mol. The van der Waals surface area contributed by atoms with E-state index < -0.39 is 0 Å². The Labute approximate surface area is 90.9 Å². The van der Waals surface area contributed by atoms with E-state index in [2.05, 4.69) is 41.0 Å². The van der Waals surface area contributed by atoms with Crippen LogP contribution in [-0.2, 0) is 0 Å². The molecule has 0 bridgehead atoms. The summed E-state index contributed by atoms with van der Waals surface area (Å²) in [4.78, 5) is 0. The van der Waals surface area contributed by atoms with Crippen molar-refractivity contribution in [3.8, 4) is 0 Å². The fourth-order valence-corrected chi connectivity index (χ4v) is 0. The van der Waals surface area contributed by atoms with Gasteiger partial charge >= 0.3 is 37.7 Å². The van der Waals surface area contributed by atoms with Gasteiger partial charge in [-0.1, -0.05) is 20.8 Å². The molecule has 0 aliphatic heterocycles. The standard InChI is InChI=1S/2C4H9.2Li/c1-4(2)3;1-3-4-2;;/h4H,1H2,2-3H3;3H,4H2,1-2H3;;/q2*-1;2*+1. The Bertz CT molecular complexity index is 23.7. The molecule has 0 heterocycles. The molecule has 0 N–H and O–H groups in total. The van der Waals surface area contributed by atoms with Crippen molar-refractivity contribution in [3.63, 3.8) is 0 Å². The molecule has 0 aromatic heterocycles. The Morgan fingerprint density at radius 3 is 1.40 bits per heavy atom. The summed E-state index contributed by atoms with van der Waals surface area (Å²) in [6.07, 6.45) is 3.32. The van der Waals surface area contributed by atoms with E-state index in [4.69, 9.17) is 0 Å². The molecule has 0 saturated heterocycles. The van der Waals surface area contributed by atoms with E-state index in [1.165, 1.54) is 6.42 Å². The number of hydrogen-bond acceptors (Lipinski definition) is 0. The molecule has 0 aromatic carbocycles. The van der Waals surface area contributed by atoms with Gasteiger partial charge in [-0.3, -0.25) is 0 Å². The molecule has 0 nitrogen and oxygen atoms in total. The molecule has 52 valence electrons. The van der Waals surface area contributed by atoms with Crippen LogP contribution in [0.25, 0.3) is 0 Å². The minimum absolute atomic E-state index is 0. The van der Waals surface area contributed by atoms with Gasteiger partial charge in [-0.25, -0.2) is 0 Å². The summed E-state index contributed by atoms with van der Waals surface area (Å²) in [6.45, 7) is 11.9. The van der Waals surface area contributed by atoms with Crippen molar-refractivity contribution < 1.29 is 37.7 Å². The largest absolute Gasteiger partial charge is 1.00 e. The normalized spacial score (nSPS) is 6.60. The van der Waals surface area contributed by atoms with Gasteiger partial charge < -0.3 is 13.3 Å². The summed E-state index contributed by atoms with van der Waals surface area (Å²) in [5, 5.41) is 0. The minimum Gasteiger partial charge on any atom is -0.341 e. The molecule has 0 aliphatic carbocycles. The first-order valence-electron chi connectivity index (χ1n) is 3.26. The van der Waals surface area contributed by atoms with E-state index in [1.807, 2.05) is 0 Å². The Kier molecular flexibility index (Phi) is 50.5. The van der Waals surface area contributed by atoms with Crippen LogP contribution < -0.4 is 37.7 Å². The quantitative estimate of drug-likeness (QED) is 0.262. The first-order valence-corrected chi connectivity index (χ1v) is 3.26. The van der Waals surface area contributed by atoms with Gasteiger partial charge in [0.05, 0.1) is 0 Å². The zero-order valence-electron chi connectivity index (χ0n) is 8.57. The van der Waals surface area contributed by atoms with Gasteiger partial charge in [-0.2, -0.15) is 19.3 Å². The van der Waals surface area contributed by atoms with Gasteiger partial charge in [-0.05, 0) is 0 Å². The van der Waals surface area contributed by atoms with Crippen LogP contribution in [0.3, 0.4) is 0 Å². The SMILES string of the molecule is C[CH-]CC.[CH2-]C(C)C.[Li+].[Li+]. The molecule has 0 saturated carbocycles. The maximum atomic E-state index is 3.64. The van der Waals surface area contributed by atoms with Gasteiger partial charge in [0, 0.05) is 0 Å². The van der Waals surface area contributed by atoms with E-state index in [-0.39, 0.29) is 37.7 Å². The zero-order chi connectivity index (χ0) is 6.99. The summed E-state index contributed by atoms with van der Waals surface area (Å²) in [6, 6.07) is 0. The molecule has 0 atom stereocenters. The molecule has 0 unspecified atom stereocenters. The average molecular weight is 128 g/mol. The predicted octanol–water partition coefficient (Wildman–Crippen LogP) is -2.89. The van der Waals surface area contributed by atoms with Crippen LogP contribution >= 0.6 is 0 Å². The monoisotopic (exact) mass is 128 g/mol. The molecule has 2 heteroatoms. The van der Waals surface area contributed by atoms with E-state index >= 15 is 0 Å². The number of rotatable bonds is 1. The van der Waals surface area contributed by atoms with Gasteiger partial charge in [0.25, 0.3) is 0 Å². The van der Waals surface area contributed by atoms with Gasteiger partial charge in [0.1, 0.15) is 0 Å². The molecule has 0 aromatic rings. The number of unbranched alkanes of at least 4 members (excludes halogenated alkanes) is 1. The van der Waals surface area contributed by atoms with E-state index in [0.717, 1.165) is 0 Å². The van der Waals surface area contributed by atoms with Crippen LogP contribution in [0.2, 0.25) is 0 Å². The van der Waals surface area contributed by atoms with Crippen molar-refractivity contribution in [2.45, 2.75) is 34.1 Å². The molecule has 0 fully saturated rings. The van der Waals surface area contributed by atoms with Crippen molar-refractivity contribution in [2.24, 2.45) is 5.92 Å².